The van der Waals surface area contributed by atoms with Crippen LogP contribution < -0.4 is 0 Å². The number of halogens is 1. The predicted octanol–water partition coefficient (Wildman–Crippen LogP) is 5.25. The van der Waals surface area contributed by atoms with E-state index in [1.807, 2.05) is 72.6 Å². The maximum Gasteiger partial charge on any atom is 0.201 e. The van der Waals surface area contributed by atoms with Gasteiger partial charge in [0.15, 0.2) is 5.84 Å². The summed E-state index contributed by atoms with van der Waals surface area (Å²) in [5, 5.41) is 2.13. The standard InChI is InChI=1S/C22H16ClN3O/c1-26-21(14-7-3-2-4-8-14)24-20(25-22(26)23)15-11-12-19-17(13-15)16-9-5-6-10-18(16)27-19/h2-13,22H,1H3. The van der Waals surface area contributed by atoms with Crippen molar-refractivity contribution in [2.45, 2.75) is 5.62 Å². The van der Waals surface area contributed by atoms with Gasteiger partial charge in [-0.2, -0.15) is 0 Å². The largest absolute Gasteiger partial charge is 0.456 e. The molecule has 0 saturated carbocycles. The van der Waals surface area contributed by atoms with Crippen LogP contribution in [0.3, 0.4) is 0 Å². The number of benzene rings is 3. The van der Waals surface area contributed by atoms with Crippen molar-refractivity contribution in [1.82, 2.24) is 4.90 Å². The number of hydrogen-bond acceptors (Lipinski definition) is 4. The summed E-state index contributed by atoms with van der Waals surface area (Å²) in [7, 11) is 1.90. The summed E-state index contributed by atoms with van der Waals surface area (Å²) < 4.78 is 5.91. The maximum atomic E-state index is 6.49. The lowest BCUT2D eigenvalue weighted by molar-refractivity contribution is 0.472. The summed E-state index contributed by atoms with van der Waals surface area (Å²) >= 11 is 6.49. The number of para-hydroxylation sites is 1. The van der Waals surface area contributed by atoms with Crippen molar-refractivity contribution in [3.8, 4) is 0 Å². The predicted molar refractivity (Wildman–Crippen MR) is 111 cm³/mol. The molecule has 1 aliphatic rings. The van der Waals surface area contributed by atoms with Crippen LogP contribution in [0.1, 0.15) is 11.1 Å². The first kappa shape index (κ1) is 16.1. The van der Waals surface area contributed by atoms with E-state index in [4.69, 9.17) is 21.0 Å². The molecule has 4 aromatic rings. The number of amidine groups is 2. The van der Waals surface area contributed by atoms with E-state index < -0.39 is 5.62 Å². The highest BCUT2D eigenvalue weighted by Gasteiger charge is 2.23. The zero-order chi connectivity index (χ0) is 18.4. The highest BCUT2D eigenvalue weighted by Crippen LogP contribution is 2.30. The van der Waals surface area contributed by atoms with Crippen molar-refractivity contribution < 1.29 is 4.42 Å². The Labute approximate surface area is 161 Å². The van der Waals surface area contributed by atoms with E-state index in [1.165, 1.54) is 0 Å². The molecule has 0 radical (unpaired) electrons. The van der Waals surface area contributed by atoms with Crippen LogP contribution in [-0.4, -0.2) is 29.2 Å². The number of rotatable bonds is 2. The highest BCUT2D eigenvalue weighted by molar-refractivity contribution is 6.25. The fraction of sp³-hybridized carbons (Fsp3) is 0.0909. The quantitative estimate of drug-likeness (QED) is 0.356. The molecule has 4 nitrogen and oxygen atoms in total. The Bertz CT molecular complexity index is 1210. The van der Waals surface area contributed by atoms with Gasteiger partial charge in [0.05, 0.1) is 0 Å². The van der Waals surface area contributed by atoms with Gasteiger partial charge < -0.3 is 9.32 Å². The molecule has 0 spiro atoms. The molecule has 1 aliphatic heterocycles. The molecular formula is C22H16ClN3O. The van der Waals surface area contributed by atoms with E-state index in [2.05, 4.69) is 17.1 Å². The number of aliphatic imine (C=N–C) groups is 2. The summed E-state index contributed by atoms with van der Waals surface area (Å²) in [6, 6.07) is 24.0. The van der Waals surface area contributed by atoms with Gasteiger partial charge in [-0.3, -0.25) is 0 Å². The van der Waals surface area contributed by atoms with Crippen LogP contribution in [0.25, 0.3) is 21.9 Å². The molecule has 1 aromatic heterocycles. The minimum Gasteiger partial charge on any atom is -0.456 e. The van der Waals surface area contributed by atoms with Gasteiger partial charge in [0.25, 0.3) is 0 Å². The van der Waals surface area contributed by atoms with Crippen LogP contribution in [0.4, 0.5) is 0 Å². The first-order valence-corrected chi connectivity index (χ1v) is 9.15. The van der Waals surface area contributed by atoms with Gasteiger partial charge >= 0.3 is 0 Å². The monoisotopic (exact) mass is 373 g/mol. The Balaban J connectivity index is 1.65. The van der Waals surface area contributed by atoms with Crippen molar-refractivity contribution >= 4 is 45.2 Å². The lowest BCUT2D eigenvalue weighted by Gasteiger charge is -2.28. The Morgan fingerprint density at radius 2 is 1.59 bits per heavy atom. The van der Waals surface area contributed by atoms with Gasteiger partial charge in [-0.1, -0.05) is 60.1 Å². The molecule has 0 N–H and O–H groups in total. The van der Waals surface area contributed by atoms with Crippen LogP contribution in [0.15, 0.2) is 87.2 Å². The third-order valence-electron chi connectivity index (χ3n) is 4.76. The smallest absolute Gasteiger partial charge is 0.201 e. The third-order valence-corrected chi connectivity index (χ3v) is 5.15. The maximum absolute atomic E-state index is 6.49. The second kappa shape index (κ2) is 6.25. The Hall–Kier alpha value is -3.11. The summed E-state index contributed by atoms with van der Waals surface area (Å²) in [4.78, 5) is 11.2. The second-order valence-corrected chi connectivity index (χ2v) is 6.88. The normalized spacial score (nSPS) is 17.3. The SMILES string of the molecule is CN1C(c2ccccc2)=NC(c2ccc3oc4ccccc4c3c2)=NC1Cl. The number of fused-ring (bicyclic) bond motifs is 3. The first-order valence-electron chi connectivity index (χ1n) is 8.71. The van der Waals surface area contributed by atoms with Crippen LogP contribution in [0, 0.1) is 0 Å². The molecule has 0 bridgehead atoms. The van der Waals surface area contributed by atoms with Crippen LogP contribution >= 0.6 is 11.6 Å². The average Bonchev–Trinajstić information content (AvgIpc) is 3.08. The lowest BCUT2D eigenvalue weighted by atomic mass is 10.1. The van der Waals surface area contributed by atoms with Gasteiger partial charge in [0, 0.05) is 28.9 Å². The molecule has 5 heteroatoms. The van der Waals surface area contributed by atoms with E-state index in [-0.39, 0.29) is 0 Å². The number of furan rings is 1. The zero-order valence-electron chi connectivity index (χ0n) is 14.6. The van der Waals surface area contributed by atoms with E-state index in [9.17, 15) is 0 Å². The molecule has 5 rings (SSSR count). The van der Waals surface area contributed by atoms with Gasteiger partial charge in [0.2, 0.25) is 5.62 Å². The molecule has 2 heterocycles. The first-order chi connectivity index (χ1) is 13.2. The molecule has 132 valence electrons. The van der Waals surface area contributed by atoms with Crippen molar-refractivity contribution in [1.29, 1.82) is 0 Å². The molecule has 1 unspecified atom stereocenters. The van der Waals surface area contributed by atoms with E-state index >= 15 is 0 Å². The Kier molecular flexibility index (Phi) is 3.73. The van der Waals surface area contributed by atoms with Gasteiger partial charge in [-0.05, 0) is 24.3 Å². The fourth-order valence-corrected chi connectivity index (χ4v) is 3.54. The molecule has 0 amide bonds. The molecule has 3 aromatic carbocycles. The van der Waals surface area contributed by atoms with Crippen molar-refractivity contribution in [2.75, 3.05) is 7.05 Å². The molecule has 0 aliphatic carbocycles. The number of nitrogens with zero attached hydrogens (tertiary/aromatic N) is 3. The molecular weight excluding hydrogens is 358 g/mol. The minimum atomic E-state index is -0.510. The van der Waals surface area contributed by atoms with Gasteiger partial charge in [0.1, 0.15) is 17.0 Å². The number of hydrogen-bond donors (Lipinski definition) is 0. The van der Waals surface area contributed by atoms with Crippen LogP contribution in [0.2, 0.25) is 0 Å². The summed E-state index contributed by atoms with van der Waals surface area (Å²) in [5.41, 5.74) is 3.14. The zero-order valence-corrected chi connectivity index (χ0v) is 15.4. The van der Waals surface area contributed by atoms with E-state index in [0.29, 0.717) is 5.84 Å². The van der Waals surface area contributed by atoms with E-state index in [1.54, 1.807) is 0 Å². The lowest BCUT2D eigenvalue weighted by Crippen LogP contribution is -2.37. The Morgan fingerprint density at radius 1 is 0.852 bits per heavy atom. The number of alkyl halides is 1. The van der Waals surface area contributed by atoms with Crippen LogP contribution in [0.5, 0.6) is 0 Å². The molecule has 1 atom stereocenters. The third kappa shape index (κ3) is 2.69. The van der Waals surface area contributed by atoms with Crippen molar-refractivity contribution in [3.63, 3.8) is 0 Å². The van der Waals surface area contributed by atoms with Gasteiger partial charge in [-0.25, -0.2) is 9.98 Å². The highest BCUT2D eigenvalue weighted by atomic mass is 35.5. The molecule has 0 fully saturated rings. The topological polar surface area (TPSA) is 41.1 Å². The van der Waals surface area contributed by atoms with E-state index in [0.717, 1.165) is 38.9 Å². The van der Waals surface area contributed by atoms with Crippen LogP contribution in [-0.2, 0) is 0 Å². The van der Waals surface area contributed by atoms with Gasteiger partial charge in [-0.15, -0.1) is 0 Å². The molecule has 27 heavy (non-hydrogen) atoms. The minimum absolute atomic E-state index is 0.510. The molecule has 0 saturated heterocycles. The van der Waals surface area contributed by atoms with Crippen molar-refractivity contribution in [3.05, 3.63) is 83.9 Å². The summed E-state index contributed by atoms with van der Waals surface area (Å²) in [6.07, 6.45) is 0. The average molecular weight is 374 g/mol. The fourth-order valence-electron chi connectivity index (χ4n) is 3.36. The second-order valence-electron chi connectivity index (χ2n) is 6.48. The summed E-state index contributed by atoms with van der Waals surface area (Å²) in [5.74, 6) is 1.43. The Morgan fingerprint density at radius 3 is 2.44 bits per heavy atom. The van der Waals surface area contributed by atoms with Crippen molar-refractivity contribution in [2.24, 2.45) is 9.98 Å². The summed E-state index contributed by atoms with van der Waals surface area (Å²) in [6.45, 7) is 0.